The van der Waals surface area contributed by atoms with Crippen molar-refractivity contribution in [2.24, 2.45) is 0 Å². The van der Waals surface area contributed by atoms with Crippen LogP contribution in [0.4, 0.5) is 0 Å². The second kappa shape index (κ2) is 2.57. The first-order valence-corrected chi connectivity index (χ1v) is 3.87. The zero-order valence-electron chi connectivity index (χ0n) is 4.46. The average molecular weight is 135 g/mol. The van der Waals surface area contributed by atoms with Crippen molar-refractivity contribution >= 4 is 11.1 Å². The predicted molar refractivity (Wildman–Crippen MR) is 31.8 cm³/mol. The van der Waals surface area contributed by atoms with E-state index in [-0.39, 0.29) is 5.88 Å². The normalized spacial score (nSPS) is 23.1. The van der Waals surface area contributed by atoms with E-state index in [2.05, 4.69) is 5.32 Å². The number of hydrogen-bond donors (Lipinski definition) is 2. The molecule has 3 nitrogen and oxygen atoms in total. The fourth-order valence-corrected chi connectivity index (χ4v) is 0.855. The van der Waals surface area contributed by atoms with Crippen molar-refractivity contribution in [3.63, 3.8) is 0 Å². The molecule has 1 atom stereocenters. The van der Waals surface area contributed by atoms with Gasteiger partial charge in [-0.2, -0.15) is 0 Å². The molecule has 1 rings (SSSR count). The maximum Gasteiger partial charge on any atom is 0.167 e. The highest BCUT2D eigenvalue weighted by Crippen LogP contribution is 2.17. The maximum absolute atomic E-state index is 9.98. The Morgan fingerprint density at radius 3 is 2.75 bits per heavy atom. The second-order valence-electron chi connectivity index (χ2n) is 1.94. The van der Waals surface area contributed by atoms with Crippen LogP contribution in [0.2, 0.25) is 0 Å². The lowest BCUT2D eigenvalue weighted by Crippen LogP contribution is -2.20. The molecule has 0 radical (unpaired) electrons. The summed E-state index contributed by atoms with van der Waals surface area (Å²) < 4.78 is 18.2. The maximum atomic E-state index is 9.98. The van der Waals surface area contributed by atoms with Gasteiger partial charge in [-0.3, -0.25) is 0 Å². The van der Waals surface area contributed by atoms with E-state index in [0.717, 1.165) is 12.8 Å². The van der Waals surface area contributed by atoms with Crippen molar-refractivity contribution in [3.05, 3.63) is 0 Å². The largest absolute Gasteiger partial charge is 0.305 e. The van der Waals surface area contributed by atoms with Crippen LogP contribution in [-0.4, -0.2) is 20.7 Å². The van der Waals surface area contributed by atoms with Gasteiger partial charge in [-0.05, 0) is 12.8 Å². The van der Waals surface area contributed by atoms with Crippen LogP contribution in [0.25, 0.3) is 0 Å². The predicted octanol–water partition coefficient (Wildman–Crippen LogP) is -0.0824. The molecule has 0 spiro atoms. The Morgan fingerprint density at radius 1 is 1.75 bits per heavy atom. The van der Waals surface area contributed by atoms with Gasteiger partial charge in [0.15, 0.2) is 11.1 Å². The Balaban J connectivity index is 1.95. The molecular weight excluding hydrogens is 126 g/mol. The van der Waals surface area contributed by atoms with E-state index < -0.39 is 11.1 Å². The van der Waals surface area contributed by atoms with Gasteiger partial charge >= 0.3 is 0 Å². The molecule has 0 saturated heterocycles. The van der Waals surface area contributed by atoms with Crippen LogP contribution in [0.3, 0.4) is 0 Å². The molecule has 48 valence electrons. The molecule has 0 amide bonds. The first kappa shape index (κ1) is 6.19. The van der Waals surface area contributed by atoms with Gasteiger partial charge in [-0.1, -0.05) is 0 Å². The summed E-state index contributed by atoms with van der Waals surface area (Å²) in [6.45, 7) is 0. The third-order valence-electron chi connectivity index (χ3n) is 1.07. The van der Waals surface area contributed by atoms with Crippen molar-refractivity contribution < 1.29 is 8.76 Å². The fraction of sp³-hybridized carbons (Fsp3) is 1.00. The van der Waals surface area contributed by atoms with Crippen molar-refractivity contribution in [2.45, 2.75) is 18.9 Å². The van der Waals surface area contributed by atoms with Gasteiger partial charge in [0.25, 0.3) is 0 Å². The monoisotopic (exact) mass is 135 g/mol. The molecule has 8 heavy (non-hydrogen) atoms. The first-order chi connectivity index (χ1) is 3.79. The highest BCUT2D eigenvalue weighted by molar-refractivity contribution is 7.79. The van der Waals surface area contributed by atoms with Crippen LogP contribution < -0.4 is 5.32 Å². The lowest BCUT2D eigenvalue weighted by Gasteiger charge is -1.93. The first-order valence-electron chi connectivity index (χ1n) is 2.60. The fourth-order valence-electron chi connectivity index (χ4n) is 0.477. The zero-order valence-corrected chi connectivity index (χ0v) is 5.28. The van der Waals surface area contributed by atoms with Gasteiger partial charge in [0, 0.05) is 6.04 Å². The van der Waals surface area contributed by atoms with Crippen LogP contribution >= 0.6 is 0 Å². The van der Waals surface area contributed by atoms with E-state index in [1.165, 1.54) is 0 Å². The van der Waals surface area contributed by atoms with Gasteiger partial charge < -0.3 is 9.87 Å². The minimum absolute atomic E-state index is 0.227. The van der Waals surface area contributed by atoms with Gasteiger partial charge in [0.1, 0.15) is 0 Å². The van der Waals surface area contributed by atoms with E-state index in [4.69, 9.17) is 4.55 Å². The summed E-state index contributed by atoms with van der Waals surface area (Å²) in [6, 6.07) is 0.533. The van der Waals surface area contributed by atoms with E-state index in [1.54, 1.807) is 0 Å². The smallest absolute Gasteiger partial charge is 0.167 e. The Hall–Kier alpha value is 0.0700. The highest BCUT2D eigenvalue weighted by atomic mass is 32.2. The third-order valence-corrected chi connectivity index (χ3v) is 1.49. The molecule has 0 aromatic heterocycles. The highest BCUT2D eigenvalue weighted by Gasteiger charge is 2.20. The molecule has 0 bridgehead atoms. The topological polar surface area (TPSA) is 49.3 Å². The lowest BCUT2D eigenvalue weighted by molar-refractivity contribution is 0.555. The standard InChI is InChI=1S/C4H9NO2S/c6-8(7)3-5-4-1-2-4/h4-5H,1-3H2,(H,6,7). The van der Waals surface area contributed by atoms with E-state index in [0.29, 0.717) is 6.04 Å². The molecule has 1 aliphatic carbocycles. The summed E-state index contributed by atoms with van der Waals surface area (Å²) in [4.78, 5) is 0. The van der Waals surface area contributed by atoms with Crippen molar-refractivity contribution in [1.82, 2.24) is 5.32 Å². The van der Waals surface area contributed by atoms with Gasteiger partial charge in [-0.25, -0.2) is 4.21 Å². The molecular formula is C4H9NO2S. The lowest BCUT2D eigenvalue weighted by atomic mass is 10.7. The summed E-state index contributed by atoms with van der Waals surface area (Å²) in [5, 5.41) is 2.91. The van der Waals surface area contributed by atoms with Crippen LogP contribution in [0, 0.1) is 0 Å². The van der Waals surface area contributed by atoms with E-state index in [9.17, 15) is 4.21 Å². The molecule has 1 aliphatic rings. The van der Waals surface area contributed by atoms with E-state index >= 15 is 0 Å². The molecule has 4 heteroatoms. The molecule has 1 fully saturated rings. The SMILES string of the molecule is O=S(O)CNC1CC1. The summed E-state index contributed by atoms with van der Waals surface area (Å²) in [7, 11) is 0. The Kier molecular flexibility index (Phi) is 1.99. The van der Waals surface area contributed by atoms with Crippen molar-refractivity contribution in [1.29, 1.82) is 0 Å². The molecule has 0 aromatic carbocycles. The third kappa shape index (κ3) is 2.40. The average Bonchev–Trinajstić information content (AvgIpc) is 2.41. The van der Waals surface area contributed by atoms with Crippen molar-refractivity contribution in [2.75, 3.05) is 5.88 Å². The second-order valence-corrected chi connectivity index (χ2v) is 2.88. The summed E-state index contributed by atoms with van der Waals surface area (Å²) >= 11 is -1.66. The molecule has 1 unspecified atom stereocenters. The van der Waals surface area contributed by atoms with Gasteiger partial charge in [0.05, 0.1) is 5.88 Å². The van der Waals surface area contributed by atoms with Crippen LogP contribution in [0.15, 0.2) is 0 Å². The van der Waals surface area contributed by atoms with Gasteiger partial charge in [-0.15, -0.1) is 0 Å². The minimum atomic E-state index is -1.66. The van der Waals surface area contributed by atoms with Crippen molar-refractivity contribution in [3.8, 4) is 0 Å². The van der Waals surface area contributed by atoms with E-state index in [1.807, 2.05) is 0 Å². The quantitative estimate of drug-likeness (QED) is 0.532. The summed E-state index contributed by atoms with van der Waals surface area (Å²) in [6.07, 6.45) is 2.33. The minimum Gasteiger partial charge on any atom is -0.305 e. The van der Waals surface area contributed by atoms with Crippen LogP contribution in [-0.2, 0) is 11.1 Å². The summed E-state index contributed by atoms with van der Waals surface area (Å²) in [5.74, 6) is 0.227. The molecule has 1 saturated carbocycles. The number of hydrogen-bond acceptors (Lipinski definition) is 2. The van der Waals surface area contributed by atoms with Gasteiger partial charge in [0.2, 0.25) is 0 Å². The molecule has 0 aromatic rings. The number of rotatable bonds is 3. The van der Waals surface area contributed by atoms with Crippen LogP contribution in [0.1, 0.15) is 12.8 Å². The van der Waals surface area contributed by atoms with Crippen LogP contribution in [0.5, 0.6) is 0 Å². The Bertz CT molecular complexity index is 102. The summed E-state index contributed by atoms with van der Waals surface area (Å²) in [5.41, 5.74) is 0. The molecule has 0 aliphatic heterocycles. The molecule has 2 N–H and O–H groups in total. The Labute approximate surface area is 50.8 Å². The zero-order chi connectivity index (χ0) is 5.98. The molecule has 0 heterocycles. The number of nitrogens with one attached hydrogen (secondary N) is 1. The Morgan fingerprint density at radius 2 is 2.38 bits per heavy atom.